The van der Waals surface area contributed by atoms with Crippen LogP contribution < -0.4 is 4.74 Å². The molecule has 0 amide bonds. The van der Waals surface area contributed by atoms with Gasteiger partial charge in [0.25, 0.3) is 0 Å². The van der Waals surface area contributed by atoms with Gasteiger partial charge in [-0.05, 0) is 51.1 Å². The average Bonchev–Trinajstić information content (AvgIpc) is 2.93. The van der Waals surface area contributed by atoms with Crippen molar-refractivity contribution in [2.45, 2.75) is 39.2 Å². The molecule has 0 radical (unpaired) electrons. The Bertz CT molecular complexity index is 630. The van der Waals surface area contributed by atoms with Gasteiger partial charge in [-0.3, -0.25) is 0 Å². The quantitative estimate of drug-likeness (QED) is 0.798. The van der Waals surface area contributed by atoms with Crippen molar-refractivity contribution in [1.29, 1.82) is 0 Å². The second-order valence-electron chi connectivity index (χ2n) is 5.68. The zero-order chi connectivity index (χ0) is 15.9. The number of likely N-dealkylation sites (tertiary alicyclic amines) is 1. The van der Waals surface area contributed by atoms with E-state index < -0.39 is 0 Å². The summed E-state index contributed by atoms with van der Waals surface area (Å²) in [5, 5.41) is 1.14. The molecule has 22 heavy (non-hydrogen) atoms. The SMILES string of the molecule is C#CC.CCc1cc2cc(OC3CCN(C)CC3)ccc2o1. The van der Waals surface area contributed by atoms with Crippen LogP contribution in [0.15, 0.2) is 28.7 Å². The number of fused-ring (bicyclic) bond motifs is 1. The van der Waals surface area contributed by atoms with Gasteiger partial charge in [-0.2, -0.15) is 0 Å². The second kappa shape index (κ2) is 7.91. The number of furan rings is 1. The monoisotopic (exact) mass is 299 g/mol. The first-order valence-corrected chi connectivity index (χ1v) is 7.91. The first-order chi connectivity index (χ1) is 10.7. The lowest BCUT2D eigenvalue weighted by molar-refractivity contribution is 0.114. The van der Waals surface area contributed by atoms with E-state index in [0.717, 1.165) is 54.8 Å². The standard InChI is InChI=1S/C16H21NO2.C3H4/c1-3-13-10-12-11-15(4-5-16(12)19-13)18-14-6-8-17(2)9-7-14;1-3-2/h4-5,10-11,14H,3,6-9H2,1-2H3;1H,2H3. The Labute approximate surface area is 133 Å². The lowest BCUT2D eigenvalue weighted by Gasteiger charge is -2.29. The van der Waals surface area contributed by atoms with Crippen LogP contribution in [0.1, 0.15) is 32.4 Å². The minimum absolute atomic E-state index is 0.353. The molecule has 1 aliphatic rings. The number of hydrogen-bond acceptors (Lipinski definition) is 3. The Balaban J connectivity index is 0.000000545. The van der Waals surface area contributed by atoms with Gasteiger partial charge in [0.15, 0.2) is 0 Å². The van der Waals surface area contributed by atoms with Gasteiger partial charge >= 0.3 is 0 Å². The fourth-order valence-electron chi connectivity index (χ4n) is 2.62. The summed E-state index contributed by atoms with van der Waals surface area (Å²) >= 11 is 0. The molecule has 3 rings (SSSR count). The van der Waals surface area contributed by atoms with Gasteiger partial charge in [-0.15, -0.1) is 12.3 Å². The minimum Gasteiger partial charge on any atom is -0.490 e. The van der Waals surface area contributed by atoms with Crippen molar-refractivity contribution in [3.8, 4) is 18.1 Å². The Morgan fingerprint density at radius 2 is 2.00 bits per heavy atom. The fourth-order valence-corrected chi connectivity index (χ4v) is 2.62. The number of rotatable bonds is 3. The van der Waals surface area contributed by atoms with E-state index in [1.54, 1.807) is 6.92 Å². The van der Waals surface area contributed by atoms with Crippen molar-refractivity contribution in [2.75, 3.05) is 20.1 Å². The Kier molecular flexibility index (Phi) is 5.91. The van der Waals surface area contributed by atoms with E-state index in [-0.39, 0.29) is 0 Å². The maximum absolute atomic E-state index is 6.09. The Hall–Kier alpha value is -1.92. The van der Waals surface area contributed by atoms with E-state index >= 15 is 0 Å². The highest BCUT2D eigenvalue weighted by Gasteiger charge is 2.18. The van der Waals surface area contributed by atoms with Gasteiger partial charge in [0.2, 0.25) is 0 Å². The van der Waals surface area contributed by atoms with Crippen LogP contribution in [0.5, 0.6) is 5.75 Å². The summed E-state index contributed by atoms with van der Waals surface area (Å²) in [6, 6.07) is 8.23. The molecular formula is C19H25NO2. The zero-order valence-electron chi connectivity index (χ0n) is 13.8. The summed E-state index contributed by atoms with van der Waals surface area (Å²) < 4.78 is 11.8. The summed E-state index contributed by atoms with van der Waals surface area (Å²) in [6.07, 6.45) is 8.10. The highest BCUT2D eigenvalue weighted by Crippen LogP contribution is 2.26. The van der Waals surface area contributed by atoms with Crippen LogP contribution in [-0.4, -0.2) is 31.1 Å². The molecule has 1 fully saturated rings. The number of benzene rings is 1. The summed E-state index contributed by atoms with van der Waals surface area (Å²) in [5.41, 5.74) is 0.951. The van der Waals surface area contributed by atoms with Crippen LogP contribution in [-0.2, 0) is 6.42 Å². The number of ether oxygens (including phenoxy) is 1. The lowest BCUT2D eigenvalue weighted by atomic mass is 10.1. The maximum Gasteiger partial charge on any atom is 0.134 e. The molecule has 3 nitrogen and oxygen atoms in total. The van der Waals surface area contributed by atoms with E-state index in [4.69, 9.17) is 9.15 Å². The summed E-state index contributed by atoms with van der Waals surface area (Å²) in [6.45, 7) is 6.00. The highest BCUT2D eigenvalue weighted by atomic mass is 16.5. The summed E-state index contributed by atoms with van der Waals surface area (Å²) in [4.78, 5) is 2.35. The van der Waals surface area contributed by atoms with Crippen LogP contribution in [0.2, 0.25) is 0 Å². The number of nitrogens with zero attached hydrogens (tertiary/aromatic N) is 1. The molecule has 1 aromatic carbocycles. The number of piperidine rings is 1. The predicted octanol–water partition coefficient (Wildman–Crippen LogP) is 4.11. The molecule has 1 aliphatic heterocycles. The van der Waals surface area contributed by atoms with Gasteiger partial charge in [-0.1, -0.05) is 6.92 Å². The molecule has 0 spiro atoms. The van der Waals surface area contributed by atoms with E-state index in [2.05, 4.69) is 43.3 Å². The third-order valence-corrected chi connectivity index (χ3v) is 3.86. The van der Waals surface area contributed by atoms with Crippen molar-refractivity contribution < 1.29 is 9.15 Å². The zero-order valence-corrected chi connectivity index (χ0v) is 13.8. The van der Waals surface area contributed by atoms with E-state index in [1.807, 2.05) is 12.1 Å². The topological polar surface area (TPSA) is 25.6 Å². The Morgan fingerprint density at radius 1 is 1.32 bits per heavy atom. The lowest BCUT2D eigenvalue weighted by Crippen LogP contribution is -2.35. The summed E-state index contributed by atoms with van der Waals surface area (Å²) in [7, 11) is 2.17. The molecule has 118 valence electrons. The number of aryl methyl sites for hydroxylation is 1. The van der Waals surface area contributed by atoms with Crippen molar-refractivity contribution in [3.63, 3.8) is 0 Å². The molecule has 0 atom stereocenters. The third kappa shape index (κ3) is 4.29. The van der Waals surface area contributed by atoms with E-state index in [9.17, 15) is 0 Å². The molecule has 0 unspecified atom stereocenters. The normalized spacial score (nSPS) is 15.9. The van der Waals surface area contributed by atoms with Crippen LogP contribution >= 0.6 is 0 Å². The van der Waals surface area contributed by atoms with Gasteiger partial charge in [0.1, 0.15) is 23.2 Å². The molecule has 1 aromatic heterocycles. The molecule has 2 heterocycles. The molecule has 1 saturated heterocycles. The van der Waals surface area contributed by atoms with Crippen LogP contribution in [0.4, 0.5) is 0 Å². The first kappa shape index (κ1) is 16.5. The highest BCUT2D eigenvalue weighted by molar-refractivity contribution is 5.79. The van der Waals surface area contributed by atoms with Crippen LogP contribution in [0.25, 0.3) is 11.0 Å². The average molecular weight is 299 g/mol. The molecule has 0 aliphatic carbocycles. The number of hydrogen-bond donors (Lipinski definition) is 0. The summed E-state index contributed by atoms with van der Waals surface area (Å²) in [5.74, 6) is 4.25. The molecule has 0 bridgehead atoms. The Morgan fingerprint density at radius 3 is 2.64 bits per heavy atom. The molecule has 2 aromatic rings. The minimum atomic E-state index is 0.353. The fraction of sp³-hybridized carbons (Fsp3) is 0.474. The largest absolute Gasteiger partial charge is 0.490 e. The second-order valence-corrected chi connectivity index (χ2v) is 5.68. The maximum atomic E-state index is 6.09. The van der Waals surface area contributed by atoms with Crippen molar-refractivity contribution >= 4 is 11.0 Å². The van der Waals surface area contributed by atoms with Crippen molar-refractivity contribution in [2.24, 2.45) is 0 Å². The van der Waals surface area contributed by atoms with E-state index in [0.29, 0.717) is 6.10 Å². The predicted molar refractivity (Wildman–Crippen MR) is 91.2 cm³/mol. The first-order valence-electron chi connectivity index (χ1n) is 7.91. The van der Waals surface area contributed by atoms with Gasteiger partial charge < -0.3 is 14.1 Å². The van der Waals surface area contributed by atoms with Crippen molar-refractivity contribution in [1.82, 2.24) is 4.90 Å². The number of terminal acetylenes is 1. The molecule has 3 heteroatoms. The smallest absolute Gasteiger partial charge is 0.134 e. The van der Waals surface area contributed by atoms with E-state index in [1.165, 1.54) is 0 Å². The molecular weight excluding hydrogens is 274 g/mol. The van der Waals surface area contributed by atoms with Crippen LogP contribution in [0.3, 0.4) is 0 Å². The van der Waals surface area contributed by atoms with Gasteiger partial charge in [0.05, 0.1) is 0 Å². The van der Waals surface area contributed by atoms with Gasteiger partial charge in [-0.25, -0.2) is 0 Å². The van der Waals surface area contributed by atoms with Crippen molar-refractivity contribution in [3.05, 3.63) is 30.0 Å². The third-order valence-electron chi connectivity index (χ3n) is 3.86. The van der Waals surface area contributed by atoms with Crippen LogP contribution in [0, 0.1) is 12.3 Å². The molecule has 0 N–H and O–H groups in total. The van der Waals surface area contributed by atoms with Gasteiger partial charge in [0, 0.05) is 24.9 Å². The molecule has 0 saturated carbocycles.